The Kier molecular flexibility index (Phi) is 2.15. The second kappa shape index (κ2) is 3.67. The largest absolute Gasteiger partial charge is 0.397 e. The summed E-state index contributed by atoms with van der Waals surface area (Å²) in [5.41, 5.74) is 10.0. The first-order chi connectivity index (χ1) is 8.31. The normalized spacial score (nSPS) is 11.4. The number of nitrogens with one attached hydrogen (secondary N) is 1. The van der Waals surface area contributed by atoms with Crippen LogP contribution in [0.5, 0.6) is 0 Å². The minimum absolute atomic E-state index is 0.654. The molecule has 0 aliphatic heterocycles. The highest BCUT2D eigenvalue weighted by Crippen LogP contribution is 2.22. The van der Waals surface area contributed by atoms with Gasteiger partial charge in [-0.1, -0.05) is 6.07 Å². The third-order valence-electron chi connectivity index (χ3n) is 2.76. The van der Waals surface area contributed by atoms with Gasteiger partial charge in [0.1, 0.15) is 5.52 Å². The van der Waals surface area contributed by atoms with E-state index in [9.17, 15) is 0 Å². The van der Waals surface area contributed by atoms with Gasteiger partial charge in [0.05, 0.1) is 17.4 Å². The van der Waals surface area contributed by atoms with Gasteiger partial charge >= 0.3 is 0 Å². The summed E-state index contributed by atoms with van der Waals surface area (Å²) in [6.07, 6.45) is 1.70. The molecule has 0 unspecified atom stereocenters. The van der Waals surface area contributed by atoms with Crippen LogP contribution >= 0.6 is 0 Å². The van der Waals surface area contributed by atoms with E-state index in [2.05, 4.69) is 20.6 Å². The first-order valence-electron chi connectivity index (χ1n) is 5.33. The Morgan fingerprint density at radius 3 is 3.00 bits per heavy atom. The highest BCUT2D eigenvalue weighted by atomic mass is 15.3. The molecule has 0 atom stereocenters. The summed E-state index contributed by atoms with van der Waals surface area (Å²) in [4.78, 5) is 0. The molecule has 6 nitrogen and oxygen atoms in total. The second-order valence-corrected chi connectivity index (χ2v) is 3.84. The van der Waals surface area contributed by atoms with Gasteiger partial charge in [-0.25, -0.2) is 4.52 Å². The molecule has 86 valence electrons. The van der Waals surface area contributed by atoms with Gasteiger partial charge in [-0.15, -0.1) is 10.2 Å². The fraction of sp³-hybridized carbons (Fsp3) is 0.182. The van der Waals surface area contributed by atoms with Gasteiger partial charge in [-0.2, -0.15) is 5.10 Å². The molecule has 0 aliphatic carbocycles. The monoisotopic (exact) mass is 228 g/mol. The molecule has 0 bridgehead atoms. The van der Waals surface area contributed by atoms with Crippen LogP contribution in [0.2, 0.25) is 0 Å². The molecule has 0 fully saturated rings. The molecule has 0 radical (unpaired) electrons. The van der Waals surface area contributed by atoms with Crippen molar-refractivity contribution in [1.29, 1.82) is 0 Å². The molecule has 1 aromatic carbocycles. The van der Waals surface area contributed by atoms with E-state index in [1.165, 1.54) is 0 Å². The number of rotatable bonds is 2. The Labute approximate surface area is 97.4 Å². The van der Waals surface area contributed by atoms with Crippen LogP contribution < -0.4 is 11.1 Å². The molecule has 0 amide bonds. The van der Waals surface area contributed by atoms with Gasteiger partial charge in [0.15, 0.2) is 5.65 Å². The molecule has 3 aromatic rings. The molecule has 0 spiro atoms. The van der Waals surface area contributed by atoms with Crippen LogP contribution in [0.4, 0.5) is 5.69 Å². The van der Waals surface area contributed by atoms with Gasteiger partial charge in [0, 0.05) is 12.6 Å². The molecule has 6 heteroatoms. The number of nitrogens with two attached hydrogens (primary N) is 1. The van der Waals surface area contributed by atoms with Crippen LogP contribution in [0.1, 0.15) is 5.56 Å². The molecule has 0 saturated heterocycles. The van der Waals surface area contributed by atoms with Gasteiger partial charge in [-0.05, 0) is 18.7 Å². The summed E-state index contributed by atoms with van der Waals surface area (Å²) in [5.74, 6) is 0. The summed E-state index contributed by atoms with van der Waals surface area (Å²) in [7, 11) is 1.88. The zero-order chi connectivity index (χ0) is 11.8. The third kappa shape index (κ3) is 1.42. The van der Waals surface area contributed by atoms with E-state index in [1.54, 1.807) is 10.7 Å². The van der Waals surface area contributed by atoms with Crippen molar-refractivity contribution in [1.82, 2.24) is 25.1 Å². The lowest BCUT2D eigenvalue weighted by Crippen LogP contribution is -2.09. The third-order valence-corrected chi connectivity index (χ3v) is 2.76. The highest BCUT2D eigenvalue weighted by molar-refractivity contribution is 5.89. The van der Waals surface area contributed by atoms with E-state index >= 15 is 0 Å². The fourth-order valence-corrected chi connectivity index (χ4v) is 1.92. The summed E-state index contributed by atoms with van der Waals surface area (Å²) < 4.78 is 1.74. The molecule has 3 N–H and O–H groups in total. The van der Waals surface area contributed by atoms with Crippen LogP contribution in [0.15, 0.2) is 24.4 Å². The minimum Gasteiger partial charge on any atom is -0.397 e. The quantitative estimate of drug-likeness (QED) is 0.627. The van der Waals surface area contributed by atoms with Crippen LogP contribution in [0, 0.1) is 0 Å². The van der Waals surface area contributed by atoms with E-state index < -0.39 is 0 Å². The first kappa shape index (κ1) is 9.98. The Bertz CT molecular complexity index is 687. The van der Waals surface area contributed by atoms with E-state index in [0.717, 1.165) is 16.7 Å². The Hall–Kier alpha value is -2.21. The van der Waals surface area contributed by atoms with Crippen molar-refractivity contribution in [2.45, 2.75) is 6.54 Å². The Morgan fingerprint density at radius 2 is 2.18 bits per heavy atom. The smallest absolute Gasteiger partial charge is 0.177 e. The number of aromatic nitrogens is 4. The number of fused-ring (bicyclic) bond motifs is 3. The summed E-state index contributed by atoms with van der Waals surface area (Å²) in [5, 5.41) is 15.5. The molecular formula is C11H12N6. The molecule has 3 rings (SSSR count). The average molecular weight is 228 g/mol. The maximum atomic E-state index is 6.08. The summed E-state index contributed by atoms with van der Waals surface area (Å²) in [6, 6.07) is 5.76. The second-order valence-electron chi connectivity index (χ2n) is 3.84. The first-order valence-corrected chi connectivity index (χ1v) is 5.33. The molecular weight excluding hydrogens is 216 g/mol. The van der Waals surface area contributed by atoms with Crippen LogP contribution in [-0.2, 0) is 6.54 Å². The minimum atomic E-state index is 0.654. The molecule has 0 aliphatic rings. The van der Waals surface area contributed by atoms with E-state index in [1.807, 2.05) is 25.2 Å². The number of nitrogen functional groups attached to an aromatic ring is 1. The zero-order valence-electron chi connectivity index (χ0n) is 9.38. The average Bonchev–Trinajstić information content (AvgIpc) is 2.81. The number of anilines is 1. The maximum Gasteiger partial charge on any atom is 0.177 e. The molecule has 2 aromatic heterocycles. The summed E-state index contributed by atoms with van der Waals surface area (Å²) >= 11 is 0. The topological polar surface area (TPSA) is 81.1 Å². The molecule has 2 heterocycles. The van der Waals surface area contributed by atoms with Crippen LogP contribution in [0.3, 0.4) is 0 Å². The van der Waals surface area contributed by atoms with Crippen LogP contribution in [0.25, 0.3) is 16.7 Å². The summed E-state index contributed by atoms with van der Waals surface area (Å²) in [6.45, 7) is 0.709. The maximum absolute atomic E-state index is 6.08. The number of nitrogens with zero attached hydrogens (tertiary/aromatic N) is 4. The van der Waals surface area contributed by atoms with Gasteiger partial charge < -0.3 is 11.1 Å². The van der Waals surface area contributed by atoms with E-state index in [-0.39, 0.29) is 0 Å². The van der Waals surface area contributed by atoms with Crippen molar-refractivity contribution in [2.75, 3.05) is 12.8 Å². The van der Waals surface area contributed by atoms with Gasteiger partial charge in [-0.3, -0.25) is 0 Å². The number of hydrogen-bond acceptors (Lipinski definition) is 5. The number of benzene rings is 1. The van der Waals surface area contributed by atoms with Gasteiger partial charge in [0.25, 0.3) is 0 Å². The van der Waals surface area contributed by atoms with Crippen molar-refractivity contribution in [3.63, 3.8) is 0 Å². The van der Waals surface area contributed by atoms with Gasteiger partial charge in [0.2, 0.25) is 0 Å². The Balaban J connectivity index is 2.36. The zero-order valence-corrected chi connectivity index (χ0v) is 9.38. The van der Waals surface area contributed by atoms with Crippen molar-refractivity contribution >= 4 is 22.4 Å². The standard InChI is InChI=1S/C11H12N6/c1-13-6-7-2-3-8-11(10(7)12)16-15-9-4-5-14-17(8)9/h2-5,13H,6,12H2,1H3. The SMILES string of the molecule is CNCc1ccc2c(nnc3ccnn32)c1N. The highest BCUT2D eigenvalue weighted by Gasteiger charge is 2.09. The van der Waals surface area contributed by atoms with E-state index in [0.29, 0.717) is 17.7 Å². The lowest BCUT2D eigenvalue weighted by atomic mass is 10.1. The molecule has 0 saturated carbocycles. The predicted octanol–water partition coefficient (Wildman–Crippen LogP) is 0.579. The molecule has 17 heavy (non-hydrogen) atoms. The van der Waals surface area contributed by atoms with Crippen molar-refractivity contribution in [3.05, 3.63) is 30.0 Å². The number of hydrogen-bond donors (Lipinski definition) is 2. The Morgan fingerprint density at radius 1 is 1.29 bits per heavy atom. The van der Waals surface area contributed by atoms with Crippen molar-refractivity contribution in [3.8, 4) is 0 Å². The van der Waals surface area contributed by atoms with Crippen molar-refractivity contribution < 1.29 is 0 Å². The van der Waals surface area contributed by atoms with Crippen molar-refractivity contribution in [2.24, 2.45) is 0 Å². The van der Waals surface area contributed by atoms with E-state index in [4.69, 9.17) is 5.73 Å². The van der Waals surface area contributed by atoms with Crippen LogP contribution in [-0.4, -0.2) is 26.9 Å². The predicted molar refractivity (Wildman–Crippen MR) is 65.5 cm³/mol. The lowest BCUT2D eigenvalue weighted by Gasteiger charge is -2.08. The lowest BCUT2D eigenvalue weighted by molar-refractivity contribution is 0.819. The fourth-order valence-electron chi connectivity index (χ4n) is 1.92.